The Morgan fingerprint density at radius 1 is 0.365 bits per heavy atom. The van der Waals surface area contributed by atoms with Crippen LogP contribution in [-0.2, 0) is 66.4 Å². The number of hydrogen-bond acceptors (Lipinski definition) is 15. The monoisotopic (exact) mass is 1050 g/mol. The van der Waals surface area contributed by atoms with Crippen LogP contribution in [0, 0.1) is 0 Å². The lowest BCUT2D eigenvalue weighted by atomic mass is 9.98. The van der Waals surface area contributed by atoms with Crippen molar-refractivity contribution in [1.82, 2.24) is 5.32 Å². The molecule has 3 rings (SSSR count). The van der Waals surface area contributed by atoms with Crippen LogP contribution in [0.2, 0.25) is 0 Å². The molecule has 1 aliphatic carbocycles. The highest BCUT2D eigenvalue weighted by Crippen LogP contribution is 2.44. The molecule has 0 bridgehead atoms. The highest BCUT2D eigenvalue weighted by Gasteiger charge is 2.29. The number of ether oxygens (including phenoxy) is 13. The van der Waals surface area contributed by atoms with E-state index in [0.29, 0.717) is 171 Å². The van der Waals surface area contributed by atoms with Crippen molar-refractivity contribution in [3.63, 3.8) is 0 Å². The third-order valence-corrected chi connectivity index (χ3v) is 12.3. The van der Waals surface area contributed by atoms with Crippen LogP contribution in [-0.4, -0.2) is 177 Å². The number of nitrogens with one attached hydrogen (secondary N) is 1. The number of hydrogen-bond donors (Lipinski definition) is 1. The van der Waals surface area contributed by atoms with Gasteiger partial charge in [0.1, 0.15) is 13.2 Å². The quantitative estimate of drug-likeness (QED) is 0.0491. The van der Waals surface area contributed by atoms with Crippen molar-refractivity contribution >= 4 is 12.1 Å². The molecule has 16 nitrogen and oxygen atoms in total. The summed E-state index contributed by atoms with van der Waals surface area (Å²) in [5, 5.41) is 2.81. The van der Waals surface area contributed by atoms with Gasteiger partial charge >= 0.3 is 12.1 Å². The second-order valence-electron chi connectivity index (χ2n) is 18.3. The zero-order valence-corrected chi connectivity index (χ0v) is 45.5. The average Bonchev–Trinajstić information content (AvgIpc) is 3.74. The van der Waals surface area contributed by atoms with E-state index in [0.717, 1.165) is 12.8 Å². The lowest BCUT2D eigenvalue weighted by Gasteiger charge is -2.14. The van der Waals surface area contributed by atoms with Crippen LogP contribution in [0.15, 0.2) is 48.5 Å². The highest BCUT2D eigenvalue weighted by molar-refractivity contribution is 5.79. The van der Waals surface area contributed by atoms with Crippen molar-refractivity contribution in [2.75, 3.05) is 165 Å². The number of benzene rings is 2. The fourth-order valence-electron chi connectivity index (χ4n) is 8.24. The Morgan fingerprint density at radius 2 is 0.676 bits per heavy atom. The number of rotatable bonds is 55. The first kappa shape index (κ1) is 65.0. The van der Waals surface area contributed by atoms with E-state index < -0.39 is 6.09 Å². The van der Waals surface area contributed by atoms with Gasteiger partial charge in [-0.2, -0.15) is 0 Å². The van der Waals surface area contributed by atoms with Crippen LogP contribution in [0.1, 0.15) is 133 Å². The van der Waals surface area contributed by atoms with Crippen molar-refractivity contribution in [3.8, 4) is 11.1 Å². The van der Waals surface area contributed by atoms with Crippen LogP contribution in [0.25, 0.3) is 11.1 Å². The third kappa shape index (κ3) is 35.9. The van der Waals surface area contributed by atoms with Crippen molar-refractivity contribution in [2.45, 2.75) is 122 Å². The maximum Gasteiger partial charge on any atom is 0.407 e. The van der Waals surface area contributed by atoms with Gasteiger partial charge in [-0.05, 0) is 35.1 Å². The van der Waals surface area contributed by atoms with Crippen LogP contribution < -0.4 is 5.32 Å². The minimum absolute atomic E-state index is 0.0448. The predicted molar refractivity (Wildman–Crippen MR) is 287 cm³/mol. The van der Waals surface area contributed by atoms with Gasteiger partial charge < -0.3 is 66.9 Å². The first-order valence-corrected chi connectivity index (χ1v) is 28.3. The van der Waals surface area contributed by atoms with Crippen molar-refractivity contribution in [3.05, 3.63) is 59.7 Å². The molecule has 0 unspecified atom stereocenters. The van der Waals surface area contributed by atoms with Gasteiger partial charge in [0.05, 0.1) is 139 Å². The summed E-state index contributed by atoms with van der Waals surface area (Å²) in [6.45, 7) is 13.8. The van der Waals surface area contributed by atoms with Gasteiger partial charge in [0.15, 0.2) is 0 Å². The normalized spacial score (nSPS) is 12.1. The molecule has 0 spiro atoms. The van der Waals surface area contributed by atoms with E-state index in [2.05, 4.69) is 36.5 Å². The maximum atomic E-state index is 12.3. The second-order valence-corrected chi connectivity index (χ2v) is 18.3. The fraction of sp³-hybridized carbons (Fsp3) is 0.759. The minimum Gasteiger partial charge on any atom is -0.463 e. The molecule has 0 fully saturated rings. The fourth-order valence-corrected chi connectivity index (χ4v) is 8.24. The third-order valence-electron chi connectivity index (χ3n) is 12.3. The van der Waals surface area contributed by atoms with Crippen LogP contribution in [0.5, 0.6) is 0 Å². The van der Waals surface area contributed by atoms with Gasteiger partial charge in [-0.25, -0.2) is 4.79 Å². The van der Waals surface area contributed by atoms with E-state index in [1.54, 1.807) is 0 Å². The van der Waals surface area contributed by atoms with E-state index in [-0.39, 0.29) is 18.5 Å². The van der Waals surface area contributed by atoms with Crippen LogP contribution >= 0.6 is 0 Å². The smallest absolute Gasteiger partial charge is 0.407 e. The lowest BCUT2D eigenvalue weighted by molar-refractivity contribution is -0.145. The average molecular weight is 1050 g/mol. The van der Waals surface area contributed by atoms with Gasteiger partial charge in [0.2, 0.25) is 0 Å². The van der Waals surface area contributed by atoms with Gasteiger partial charge in [-0.15, -0.1) is 0 Å². The lowest BCUT2D eigenvalue weighted by Crippen LogP contribution is -2.27. The Morgan fingerprint density at radius 3 is 1.04 bits per heavy atom. The van der Waals surface area contributed by atoms with Gasteiger partial charge in [-0.1, -0.05) is 145 Å². The van der Waals surface area contributed by atoms with E-state index in [9.17, 15) is 9.59 Å². The second kappa shape index (κ2) is 49.3. The topological polar surface area (TPSA) is 166 Å². The van der Waals surface area contributed by atoms with Crippen molar-refractivity contribution in [2.24, 2.45) is 0 Å². The summed E-state index contributed by atoms with van der Waals surface area (Å²) in [5.74, 6) is -0.0902. The molecule has 1 amide bonds. The number of carbonyl (C=O) groups excluding carboxylic acids is 2. The van der Waals surface area contributed by atoms with Gasteiger partial charge in [-0.3, -0.25) is 4.79 Å². The van der Waals surface area contributed by atoms with E-state index >= 15 is 0 Å². The summed E-state index contributed by atoms with van der Waals surface area (Å²) in [6, 6.07) is 16.6. The Hall–Kier alpha value is -3.26. The number of carbonyl (C=O) groups is 2. The largest absolute Gasteiger partial charge is 0.463 e. The first-order valence-electron chi connectivity index (χ1n) is 28.3. The van der Waals surface area contributed by atoms with E-state index in [4.69, 9.17) is 61.6 Å². The number of fused-ring (bicyclic) bond motifs is 3. The number of unbranched alkanes of at least 4 members (excludes halogenated alkanes) is 14. The molecule has 0 atom stereocenters. The number of alkyl carbamates (subject to hydrolysis) is 1. The molecule has 0 saturated heterocycles. The summed E-state index contributed by atoms with van der Waals surface area (Å²) in [6.07, 6.45) is 20.4. The summed E-state index contributed by atoms with van der Waals surface area (Å²) in [4.78, 5) is 24.3. The minimum atomic E-state index is -0.417. The molecule has 2 aromatic rings. The van der Waals surface area contributed by atoms with Gasteiger partial charge in [0.25, 0.3) is 0 Å². The Balaban J connectivity index is 0.890. The molecular formula is C58H97NO15. The Bertz CT molecular complexity index is 1540. The molecular weight excluding hydrogens is 951 g/mol. The van der Waals surface area contributed by atoms with Crippen LogP contribution in [0.3, 0.4) is 0 Å². The van der Waals surface area contributed by atoms with E-state index in [1.165, 1.54) is 106 Å². The molecule has 0 saturated carbocycles. The number of amides is 1. The molecule has 0 radical (unpaired) electrons. The Labute approximate surface area is 445 Å². The van der Waals surface area contributed by atoms with Crippen molar-refractivity contribution in [1.29, 1.82) is 0 Å². The zero-order valence-electron chi connectivity index (χ0n) is 45.5. The van der Waals surface area contributed by atoms with Crippen molar-refractivity contribution < 1.29 is 71.2 Å². The molecule has 2 aromatic carbocycles. The molecule has 424 valence electrons. The molecule has 0 aromatic heterocycles. The summed E-state index contributed by atoms with van der Waals surface area (Å²) >= 11 is 0. The molecule has 16 heteroatoms. The predicted octanol–water partition coefficient (Wildman–Crippen LogP) is 9.90. The summed E-state index contributed by atoms with van der Waals surface area (Å²) < 4.78 is 71.8. The molecule has 0 heterocycles. The first-order chi connectivity index (χ1) is 36.7. The summed E-state index contributed by atoms with van der Waals surface area (Å²) in [7, 11) is 0. The molecule has 1 N–H and O–H groups in total. The maximum absolute atomic E-state index is 12.3. The Kier molecular flexibility index (Phi) is 43.3. The van der Waals surface area contributed by atoms with Gasteiger partial charge in [0, 0.05) is 25.5 Å². The summed E-state index contributed by atoms with van der Waals surface area (Å²) in [5.41, 5.74) is 4.80. The standard InChI is InChI=1S/C58H97NO15/c1-2-3-4-5-6-7-8-9-10-11-12-13-14-15-16-26-57(60)73-50-49-72-48-47-71-46-45-70-44-43-69-42-41-68-40-39-67-38-37-66-36-35-65-34-33-64-32-31-63-30-29-62-28-21-27-59-58(61)74-51-56-54-24-19-17-22-52(54)53-23-18-20-25-55(53)56/h17-20,22-25,56H,2-16,21,26-51H2,1H3,(H,59,61). The molecule has 74 heavy (non-hydrogen) atoms. The molecule has 0 aliphatic heterocycles. The van der Waals surface area contributed by atoms with E-state index in [1.807, 2.05) is 24.3 Å². The molecule has 1 aliphatic rings. The highest BCUT2D eigenvalue weighted by atomic mass is 16.6. The SMILES string of the molecule is CCCCCCCCCCCCCCCCCC(=O)OCCOCCOCCOCCOCCOCCOCCOCCOCCOCCOCCOCCCNC(=O)OCC1c2ccccc2-c2ccccc21. The van der Waals surface area contributed by atoms with Crippen LogP contribution in [0.4, 0.5) is 4.79 Å². The zero-order chi connectivity index (χ0) is 52.3. The number of esters is 1.